The van der Waals surface area contributed by atoms with Crippen LogP contribution >= 0.6 is 0 Å². The summed E-state index contributed by atoms with van der Waals surface area (Å²) in [5.41, 5.74) is 6.84. The van der Waals surface area contributed by atoms with Gasteiger partial charge >= 0.3 is 6.03 Å². The van der Waals surface area contributed by atoms with E-state index in [0.717, 1.165) is 0 Å². The van der Waals surface area contributed by atoms with Crippen LogP contribution in [0.3, 0.4) is 0 Å². The van der Waals surface area contributed by atoms with Gasteiger partial charge in [0.15, 0.2) is 0 Å². The number of benzene rings is 1. The third-order valence-electron chi connectivity index (χ3n) is 1.91. The van der Waals surface area contributed by atoms with E-state index < -0.39 is 0 Å². The molecule has 1 aromatic rings. The first kappa shape index (κ1) is 12.2. The lowest BCUT2D eigenvalue weighted by atomic mass is 10.2. The van der Waals surface area contributed by atoms with E-state index in [-0.39, 0.29) is 12.1 Å². The maximum atomic E-state index is 11.4. The number of methoxy groups -OCH3 is 1. The van der Waals surface area contributed by atoms with Crippen molar-refractivity contribution < 1.29 is 9.53 Å². The molecular weight excluding hydrogens is 206 g/mol. The molecule has 0 bridgehead atoms. The number of nitrogen functional groups attached to an aromatic ring is 1. The predicted molar refractivity (Wildman–Crippen MR) is 64.7 cm³/mol. The summed E-state index contributed by atoms with van der Waals surface area (Å²) >= 11 is 0. The van der Waals surface area contributed by atoms with Crippen molar-refractivity contribution in [2.24, 2.45) is 0 Å². The van der Waals surface area contributed by atoms with Gasteiger partial charge in [-0.3, -0.25) is 0 Å². The molecule has 1 aromatic carbocycles. The van der Waals surface area contributed by atoms with E-state index in [2.05, 4.69) is 10.6 Å². The minimum atomic E-state index is -0.248. The fourth-order valence-electron chi connectivity index (χ4n) is 1.22. The normalized spacial score (nSPS) is 10.0. The monoisotopic (exact) mass is 223 g/mol. The lowest BCUT2D eigenvalue weighted by Crippen LogP contribution is -2.34. The van der Waals surface area contributed by atoms with Crippen LogP contribution in [0.4, 0.5) is 16.2 Å². The molecular formula is C11H17N3O2. The fraction of sp³-hybridized carbons (Fsp3) is 0.364. The Hall–Kier alpha value is -1.91. The molecule has 88 valence electrons. The molecule has 0 spiro atoms. The van der Waals surface area contributed by atoms with Crippen LogP contribution in [0.15, 0.2) is 18.2 Å². The van der Waals surface area contributed by atoms with Gasteiger partial charge in [0.2, 0.25) is 0 Å². The van der Waals surface area contributed by atoms with E-state index in [0.29, 0.717) is 17.1 Å². The number of nitrogens with one attached hydrogen (secondary N) is 2. The third kappa shape index (κ3) is 3.34. The summed E-state index contributed by atoms with van der Waals surface area (Å²) < 4.78 is 5.05. The molecule has 16 heavy (non-hydrogen) atoms. The summed E-state index contributed by atoms with van der Waals surface area (Å²) in [6, 6.07) is 4.93. The van der Waals surface area contributed by atoms with Crippen molar-refractivity contribution in [1.29, 1.82) is 0 Å². The largest absolute Gasteiger partial charge is 0.495 e. The highest BCUT2D eigenvalue weighted by Gasteiger charge is 2.05. The molecule has 0 fully saturated rings. The van der Waals surface area contributed by atoms with E-state index in [1.807, 2.05) is 13.8 Å². The Balaban J connectivity index is 2.71. The standard InChI is InChI=1S/C11H17N3O2/c1-7(2)13-11(15)14-8-4-5-9(12)10(6-8)16-3/h4-7H,12H2,1-3H3,(H2,13,14,15). The smallest absolute Gasteiger partial charge is 0.319 e. The van der Waals surface area contributed by atoms with E-state index in [9.17, 15) is 4.79 Å². The minimum absolute atomic E-state index is 0.0932. The first-order valence-electron chi connectivity index (χ1n) is 5.04. The van der Waals surface area contributed by atoms with Gasteiger partial charge in [0.1, 0.15) is 5.75 Å². The lowest BCUT2D eigenvalue weighted by molar-refractivity contribution is 0.250. The lowest BCUT2D eigenvalue weighted by Gasteiger charge is -2.11. The molecule has 4 N–H and O–H groups in total. The topological polar surface area (TPSA) is 76.4 Å². The number of hydrogen-bond donors (Lipinski definition) is 3. The molecule has 0 aromatic heterocycles. The second-order valence-electron chi connectivity index (χ2n) is 3.71. The second-order valence-corrected chi connectivity index (χ2v) is 3.71. The molecule has 0 aliphatic carbocycles. The van der Waals surface area contributed by atoms with Crippen LogP contribution in [-0.2, 0) is 0 Å². The van der Waals surface area contributed by atoms with Gasteiger partial charge in [0.25, 0.3) is 0 Å². The van der Waals surface area contributed by atoms with Gasteiger partial charge in [-0.05, 0) is 26.0 Å². The number of nitrogens with two attached hydrogens (primary N) is 1. The molecule has 1 rings (SSSR count). The molecule has 0 heterocycles. The molecule has 0 aliphatic heterocycles. The summed E-state index contributed by atoms with van der Waals surface area (Å²) in [7, 11) is 1.53. The van der Waals surface area contributed by atoms with E-state index in [1.54, 1.807) is 18.2 Å². The zero-order valence-electron chi connectivity index (χ0n) is 9.70. The van der Waals surface area contributed by atoms with Crippen LogP contribution in [-0.4, -0.2) is 19.2 Å². The average molecular weight is 223 g/mol. The van der Waals surface area contributed by atoms with Gasteiger partial charge in [-0.2, -0.15) is 0 Å². The predicted octanol–water partition coefficient (Wildman–Crippen LogP) is 1.81. The highest BCUT2D eigenvalue weighted by molar-refractivity contribution is 5.90. The van der Waals surface area contributed by atoms with Crippen molar-refractivity contribution in [2.45, 2.75) is 19.9 Å². The Bertz CT molecular complexity index is 377. The molecule has 2 amide bonds. The fourth-order valence-corrected chi connectivity index (χ4v) is 1.22. The highest BCUT2D eigenvalue weighted by Crippen LogP contribution is 2.24. The van der Waals surface area contributed by atoms with Crippen molar-refractivity contribution in [1.82, 2.24) is 5.32 Å². The molecule has 5 nitrogen and oxygen atoms in total. The van der Waals surface area contributed by atoms with Gasteiger partial charge in [0.05, 0.1) is 12.8 Å². The van der Waals surface area contributed by atoms with Gasteiger partial charge in [-0.1, -0.05) is 0 Å². The maximum absolute atomic E-state index is 11.4. The van der Waals surface area contributed by atoms with Gasteiger partial charge in [-0.25, -0.2) is 4.79 Å². The maximum Gasteiger partial charge on any atom is 0.319 e. The van der Waals surface area contributed by atoms with Crippen molar-refractivity contribution >= 4 is 17.4 Å². The van der Waals surface area contributed by atoms with Crippen LogP contribution in [0.1, 0.15) is 13.8 Å². The van der Waals surface area contributed by atoms with E-state index >= 15 is 0 Å². The molecule has 0 atom stereocenters. The van der Waals surface area contributed by atoms with E-state index in [4.69, 9.17) is 10.5 Å². The Kier molecular flexibility index (Phi) is 3.99. The van der Waals surface area contributed by atoms with Crippen LogP contribution in [0.25, 0.3) is 0 Å². The highest BCUT2D eigenvalue weighted by atomic mass is 16.5. The van der Waals surface area contributed by atoms with Gasteiger partial charge in [0, 0.05) is 17.8 Å². The Morgan fingerprint density at radius 2 is 2.12 bits per heavy atom. The van der Waals surface area contributed by atoms with Gasteiger partial charge in [-0.15, -0.1) is 0 Å². The molecule has 0 unspecified atom stereocenters. The molecule has 0 aliphatic rings. The van der Waals surface area contributed by atoms with Crippen LogP contribution < -0.4 is 21.1 Å². The Labute approximate surface area is 95.0 Å². The Morgan fingerprint density at radius 3 is 2.69 bits per heavy atom. The molecule has 0 saturated heterocycles. The summed E-state index contributed by atoms with van der Waals surface area (Å²) in [6.07, 6.45) is 0. The van der Waals surface area contributed by atoms with Crippen molar-refractivity contribution in [3.63, 3.8) is 0 Å². The number of ether oxygens (including phenoxy) is 1. The second kappa shape index (κ2) is 5.25. The zero-order valence-corrected chi connectivity index (χ0v) is 9.70. The van der Waals surface area contributed by atoms with E-state index in [1.165, 1.54) is 7.11 Å². The summed E-state index contributed by atoms with van der Waals surface area (Å²) in [5.74, 6) is 0.544. The van der Waals surface area contributed by atoms with Gasteiger partial charge < -0.3 is 21.1 Å². The summed E-state index contributed by atoms with van der Waals surface area (Å²) in [6.45, 7) is 3.78. The zero-order chi connectivity index (χ0) is 12.1. The first-order chi connectivity index (χ1) is 7.52. The number of urea groups is 1. The number of anilines is 2. The number of carbonyl (C=O) groups excluding carboxylic acids is 1. The van der Waals surface area contributed by atoms with Crippen molar-refractivity contribution in [3.05, 3.63) is 18.2 Å². The number of carbonyl (C=O) groups is 1. The van der Waals surface area contributed by atoms with Crippen molar-refractivity contribution in [3.8, 4) is 5.75 Å². The number of hydrogen-bond acceptors (Lipinski definition) is 3. The third-order valence-corrected chi connectivity index (χ3v) is 1.91. The summed E-state index contributed by atoms with van der Waals surface area (Å²) in [4.78, 5) is 11.4. The Morgan fingerprint density at radius 1 is 1.44 bits per heavy atom. The minimum Gasteiger partial charge on any atom is -0.495 e. The van der Waals surface area contributed by atoms with Crippen LogP contribution in [0.2, 0.25) is 0 Å². The SMILES string of the molecule is COc1cc(NC(=O)NC(C)C)ccc1N. The molecule has 0 radical (unpaired) electrons. The average Bonchev–Trinajstić information content (AvgIpc) is 2.19. The molecule has 5 heteroatoms. The van der Waals surface area contributed by atoms with Crippen molar-refractivity contribution in [2.75, 3.05) is 18.2 Å². The first-order valence-corrected chi connectivity index (χ1v) is 5.04. The summed E-state index contributed by atoms with van der Waals surface area (Å²) in [5, 5.41) is 5.41. The number of amides is 2. The van der Waals surface area contributed by atoms with Crippen LogP contribution in [0, 0.1) is 0 Å². The molecule has 0 saturated carbocycles. The quantitative estimate of drug-likeness (QED) is 0.684. The number of rotatable bonds is 3. The van der Waals surface area contributed by atoms with Crippen LogP contribution in [0.5, 0.6) is 5.75 Å².